The van der Waals surface area contributed by atoms with E-state index in [4.69, 9.17) is 4.74 Å². The van der Waals surface area contributed by atoms with Crippen LogP contribution in [0.3, 0.4) is 0 Å². The lowest BCUT2D eigenvalue weighted by Gasteiger charge is -2.24. The molecular weight excluding hydrogens is 257 g/mol. The van der Waals surface area contributed by atoms with Crippen LogP contribution in [0.5, 0.6) is 5.75 Å². The molecule has 0 saturated heterocycles. The number of benzene rings is 2. The largest absolute Gasteiger partial charge is 0.497 e. The van der Waals surface area contributed by atoms with Crippen LogP contribution in [0, 0.1) is 5.82 Å². The molecule has 1 atom stereocenters. The average Bonchev–Trinajstić information content (AvgIpc) is 2.46. The number of aliphatic hydroxyl groups is 1. The Balaban J connectivity index is 2.44. The van der Waals surface area contributed by atoms with Crippen molar-refractivity contribution in [1.29, 1.82) is 0 Å². The van der Waals surface area contributed by atoms with E-state index in [9.17, 15) is 9.50 Å². The number of nitrogens with zero attached hydrogens (tertiary/aromatic N) is 1. The van der Waals surface area contributed by atoms with Gasteiger partial charge in [0.25, 0.3) is 0 Å². The van der Waals surface area contributed by atoms with Gasteiger partial charge in [0.05, 0.1) is 18.9 Å². The highest BCUT2D eigenvalue weighted by Crippen LogP contribution is 2.33. The Morgan fingerprint density at radius 3 is 2.35 bits per heavy atom. The SMILES string of the molecule is COc1ccc(N(C)c2c(F)cccc2[C@H](C)O)cc1. The van der Waals surface area contributed by atoms with Crippen LogP contribution in [0.25, 0.3) is 0 Å². The van der Waals surface area contributed by atoms with Gasteiger partial charge < -0.3 is 14.7 Å². The van der Waals surface area contributed by atoms with Crippen molar-refractivity contribution in [3.8, 4) is 5.75 Å². The number of anilines is 2. The molecule has 20 heavy (non-hydrogen) atoms. The number of hydrogen-bond acceptors (Lipinski definition) is 3. The highest BCUT2D eigenvalue weighted by molar-refractivity contribution is 5.67. The maximum Gasteiger partial charge on any atom is 0.147 e. The van der Waals surface area contributed by atoms with E-state index >= 15 is 0 Å². The first-order valence-corrected chi connectivity index (χ1v) is 6.39. The van der Waals surface area contributed by atoms with Crippen molar-refractivity contribution in [1.82, 2.24) is 0 Å². The highest BCUT2D eigenvalue weighted by Gasteiger charge is 2.17. The van der Waals surface area contributed by atoms with Gasteiger partial charge >= 0.3 is 0 Å². The summed E-state index contributed by atoms with van der Waals surface area (Å²) < 4.78 is 19.2. The summed E-state index contributed by atoms with van der Waals surface area (Å²) in [6.07, 6.45) is -0.735. The lowest BCUT2D eigenvalue weighted by molar-refractivity contribution is 0.199. The number of rotatable bonds is 4. The standard InChI is InChI=1S/C16H18FNO2/c1-11(19)14-5-4-6-15(17)16(14)18(2)12-7-9-13(20-3)10-8-12/h4-11,19H,1-3H3/t11-/m0/s1. The molecule has 0 saturated carbocycles. The minimum atomic E-state index is -0.735. The zero-order chi connectivity index (χ0) is 14.7. The molecule has 0 amide bonds. The third-order valence-corrected chi connectivity index (χ3v) is 3.26. The van der Waals surface area contributed by atoms with E-state index in [-0.39, 0.29) is 5.82 Å². The van der Waals surface area contributed by atoms with E-state index < -0.39 is 6.10 Å². The molecule has 0 spiro atoms. The monoisotopic (exact) mass is 275 g/mol. The smallest absolute Gasteiger partial charge is 0.147 e. The average molecular weight is 275 g/mol. The lowest BCUT2D eigenvalue weighted by Crippen LogP contribution is -2.14. The second-order valence-electron chi connectivity index (χ2n) is 4.61. The first-order valence-electron chi connectivity index (χ1n) is 6.39. The van der Waals surface area contributed by atoms with Gasteiger partial charge in [0.2, 0.25) is 0 Å². The molecule has 0 bridgehead atoms. The molecule has 0 fully saturated rings. The van der Waals surface area contributed by atoms with Gasteiger partial charge in [-0.25, -0.2) is 4.39 Å². The summed E-state index contributed by atoms with van der Waals surface area (Å²) >= 11 is 0. The number of para-hydroxylation sites is 1. The van der Waals surface area contributed by atoms with Crippen LogP contribution in [0.1, 0.15) is 18.6 Å². The maximum atomic E-state index is 14.1. The fourth-order valence-corrected chi connectivity index (χ4v) is 2.16. The van der Waals surface area contributed by atoms with Crippen molar-refractivity contribution in [3.63, 3.8) is 0 Å². The topological polar surface area (TPSA) is 32.7 Å². The Morgan fingerprint density at radius 1 is 1.15 bits per heavy atom. The molecule has 0 unspecified atom stereocenters. The van der Waals surface area contributed by atoms with E-state index in [0.717, 1.165) is 11.4 Å². The van der Waals surface area contributed by atoms with Gasteiger partial charge in [0, 0.05) is 18.3 Å². The van der Waals surface area contributed by atoms with E-state index in [1.165, 1.54) is 6.07 Å². The van der Waals surface area contributed by atoms with E-state index in [0.29, 0.717) is 11.3 Å². The molecule has 0 aliphatic rings. The molecular formula is C16H18FNO2. The molecule has 1 N–H and O–H groups in total. The van der Waals surface area contributed by atoms with Crippen molar-refractivity contribution in [2.45, 2.75) is 13.0 Å². The van der Waals surface area contributed by atoms with Crippen LogP contribution >= 0.6 is 0 Å². The van der Waals surface area contributed by atoms with Crippen LogP contribution in [0.4, 0.5) is 15.8 Å². The van der Waals surface area contributed by atoms with Crippen LogP contribution in [-0.2, 0) is 0 Å². The fourth-order valence-electron chi connectivity index (χ4n) is 2.16. The number of methoxy groups -OCH3 is 1. The number of halogens is 1. The third kappa shape index (κ3) is 2.75. The third-order valence-electron chi connectivity index (χ3n) is 3.26. The Hall–Kier alpha value is -2.07. The second-order valence-corrected chi connectivity index (χ2v) is 4.61. The Kier molecular flexibility index (Phi) is 4.25. The van der Waals surface area contributed by atoms with Crippen molar-refractivity contribution < 1.29 is 14.2 Å². The van der Waals surface area contributed by atoms with E-state index in [2.05, 4.69) is 0 Å². The van der Waals surface area contributed by atoms with E-state index in [1.54, 1.807) is 38.1 Å². The molecule has 4 heteroatoms. The Bertz CT molecular complexity index is 582. The van der Waals surface area contributed by atoms with Gasteiger partial charge in [-0.05, 0) is 37.3 Å². The maximum absolute atomic E-state index is 14.1. The molecule has 0 radical (unpaired) electrons. The Labute approximate surface area is 118 Å². The summed E-state index contributed by atoms with van der Waals surface area (Å²) in [7, 11) is 3.37. The van der Waals surface area contributed by atoms with E-state index in [1.807, 2.05) is 24.3 Å². The minimum Gasteiger partial charge on any atom is -0.497 e. The number of aliphatic hydroxyl groups excluding tert-OH is 1. The summed E-state index contributed by atoms with van der Waals surface area (Å²) in [4.78, 5) is 1.72. The minimum absolute atomic E-state index is 0.360. The summed E-state index contributed by atoms with van der Waals surface area (Å²) in [6.45, 7) is 1.63. The second kappa shape index (κ2) is 5.92. The fraction of sp³-hybridized carbons (Fsp3) is 0.250. The molecule has 0 heterocycles. The van der Waals surface area contributed by atoms with Crippen LogP contribution < -0.4 is 9.64 Å². The molecule has 0 aliphatic heterocycles. The molecule has 3 nitrogen and oxygen atoms in total. The van der Waals surface area contributed by atoms with Crippen molar-refractivity contribution in [2.75, 3.05) is 19.1 Å². The normalized spacial score (nSPS) is 12.1. The van der Waals surface area contributed by atoms with Crippen LogP contribution in [0.15, 0.2) is 42.5 Å². The molecule has 0 aromatic heterocycles. The van der Waals surface area contributed by atoms with Gasteiger partial charge in [0.15, 0.2) is 0 Å². The summed E-state index contributed by atoms with van der Waals surface area (Å²) in [6, 6.07) is 12.0. The summed E-state index contributed by atoms with van der Waals surface area (Å²) in [5, 5.41) is 9.79. The van der Waals surface area contributed by atoms with Crippen molar-refractivity contribution in [2.24, 2.45) is 0 Å². The van der Waals surface area contributed by atoms with Crippen LogP contribution in [-0.4, -0.2) is 19.3 Å². The number of ether oxygens (including phenoxy) is 1. The summed E-state index contributed by atoms with van der Waals surface area (Å²) in [5.41, 5.74) is 1.76. The number of hydrogen-bond donors (Lipinski definition) is 1. The van der Waals surface area contributed by atoms with Gasteiger partial charge in [-0.15, -0.1) is 0 Å². The summed E-state index contributed by atoms with van der Waals surface area (Å²) in [5.74, 6) is 0.383. The van der Waals surface area contributed by atoms with Crippen molar-refractivity contribution in [3.05, 3.63) is 53.8 Å². The predicted molar refractivity (Wildman–Crippen MR) is 78.1 cm³/mol. The first-order chi connectivity index (χ1) is 9.54. The zero-order valence-corrected chi connectivity index (χ0v) is 11.8. The molecule has 106 valence electrons. The van der Waals surface area contributed by atoms with Gasteiger partial charge in [0.1, 0.15) is 11.6 Å². The Morgan fingerprint density at radius 2 is 1.80 bits per heavy atom. The first kappa shape index (κ1) is 14.3. The highest BCUT2D eigenvalue weighted by atomic mass is 19.1. The molecule has 2 aromatic rings. The molecule has 0 aliphatic carbocycles. The molecule has 2 aromatic carbocycles. The van der Waals surface area contributed by atoms with Gasteiger partial charge in [-0.1, -0.05) is 12.1 Å². The van der Waals surface area contributed by atoms with Gasteiger partial charge in [-0.3, -0.25) is 0 Å². The predicted octanol–water partition coefficient (Wildman–Crippen LogP) is 3.66. The van der Waals surface area contributed by atoms with Gasteiger partial charge in [-0.2, -0.15) is 0 Å². The lowest BCUT2D eigenvalue weighted by atomic mass is 10.1. The quantitative estimate of drug-likeness (QED) is 0.924. The zero-order valence-electron chi connectivity index (χ0n) is 11.8. The van der Waals surface area contributed by atoms with Crippen LogP contribution in [0.2, 0.25) is 0 Å². The molecule has 2 rings (SSSR count). The van der Waals surface area contributed by atoms with Crippen molar-refractivity contribution >= 4 is 11.4 Å².